The molecule has 1 aliphatic rings. The number of benzene rings is 1. The van der Waals surface area contributed by atoms with E-state index in [1.54, 1.807) is 0 Å². The van der Waals surface area contributed by atoms with Crippen molar-refractivity contribution in [2.75, 3.05) is 26.5 Å². The molecule has 2 nitrogen and oxygen atoms in total. The molecule has 0 saturated heterocycles. The van der Waals surface area contributed by atoms with E-state index in [2.05, 4.69) is 29.6 Å². The van der Waals surface area contributed by atoms with E-state index in [1.807, 2.05) is 74.3 Å². The zero-order valence-electron chi connectivity index (χ0n) is 13.8. The molecule has 1 N–H and O–H groups in total. The molecule has 2 rings (SSSR count). The van der Waals surface area contributed by atoms with Crippen LogP contribution in [0.3, 0.4) is 0 Å². The van der Waals surface area contributed by atoms with Gasteiger partial charge in [-0.2, -0.15) is 0 Å². The minimum absolute atomic E-state index is 0.755. The molecule has 0 saturated carbocycles. The normalized spacial score (nSPS) is 16.4. The highest BCUT2D eigenvalue weighted by molar-refractivity contribution is 6.35. The molecule has 3 heteroatoms. The zero-order chi connectivity index (χ0) is 16.7. The van der Waals surface area contributed by atoms with E-state index in [-0.39, 0.29) is 0 Å². The molecule has 0 radical (unpaired) electrons. The number of rotatable bonds is 4. The van der Waals surface area contributed by atoms with Crippen molar-refractivity contribution in [3.05, 3.63) is 83.0 Å². The maximum atomic E-state index is 6.30. The number of para-hydroxylation sites is 1. The highest BCUT2D eigenvalue weighted by atomic mass is 35.5. The van der Waals surface area contributed by atoms with E-state index in [1.165, 1.54) is 0 Å². The smallest absolute Gasteiger partial charge is 0.200 e. The van der Waals surface area contributed by atoms with Crippen molar-refractivity contribution in [2.24, 2.45) is 0 Å². The van der Waals surface area contributed by atoms with Crippen LogP contribution < -0.4 is 5.32 Å². The second kappa shape index (κ2) is 8.35. The predicted molar refractivity (Wildman–Crippen MR) is 102 cm³/mol. The standard InChI is InChI=1S/C20H21ClN2/c1-22-20-12-8-7-11-17(20)10-6-4-5-9-16-13-14-18(23(2)3)15-19(16)21/h4-15H,1-3H3/p+1. The Bertz CT molecular complexity index is 743. The number of hydrogen-bond acceptors (Lipinski definition) is 1. The first kappa shape index (κ1) is 17.0. The number of anilines is 1. The number of nitrogens with zero attached hydrogens (tertiary/aromatic N) is 1. The molecule has 0 bridgehead atoms. The summed E-state index contributed by atoms with van der Waals surface area (Å²) < 4.78 is 2.04. The first-order valence-corrected chi connectivity index (χ1v) is 7.91. The summed E-state index contributed by atoms with van der Waals surface area (Å²) in [4.78, 5) is 0. The summed E-state index contributed by atoms with van der Waals surface area (Å²) in [6.07, 6.45) is 16.2. The van der Waals surface area contributed by atoms with Crippen LogP contribution in [0.1, 0.15) is 5.56 Å². The molecule has 0 fully saturated rings. The minimum Gasteiger partial charge on any atom is -0.388 e. The van der Waals surface area contributed by atoms with Crippen LogP contribution in [0.2, 0.25) is 0 Å². The van der Waals surface area contributed by atoms with Gasteiger partial charge in [0.15, 0.2) is 0 Å². The zero-order valence-corrected chi connectivity index (χ0v) is 14.5. The molecule has 1 aliphatic carbocycles. The molecule has 1 aromatic carbocycles. The minimum atomic E-state index is 0.755. The van der Waals surface area contributed by atoms with Gasteiger partial charge in [-0.15, -0.1) is 0 Å². The van der Waals surface area contributed by atoms with Crippen molar-refractivity contribution < 1.29 is 4.58 Å². The molecule has 0 aliphatic heterocycles. The molecule has 0 atom stereocenters. The fraction of sp³-hybridized carbons (Fsp3) is 0.150. The van der Waals surface area contributed by atoms with Gasteiger partial charge >= 0.3 is 0 Å². The van der Waals surface area contributed by atoms with E-state index in [0.29, 0.717) is 0 Å². The van der Waals surface area contributed by atoms with Crippen molar-refractivity contribution in [1.29, 1.82) is 0 Å². The molecule has 0 aromatic heterocycles. The van der Waals surface area contributed by atoms with Crippen LogP contribution >= 0.6 is 11.6 Å². The third kappa shape index (κ3) is 4.83. The van der Waals surface area contributed by atoms with Gasteiger partial charge in [0.1, 0.15) is 14.1 Å². The fourth-order valence-corrected chi connectivity index (χ4v) is 2.42. The third-order valence-corrected chi connectivity index (χ3v) is 3.83. The van der Waals surface area contributed by atoms with Gasteiger partial charge < -0.3 is 5.32 Å². The largest absolute Gasteiger partial charge is 0.388 e. The van der Waals surface area contributed by atoms with E-state index >= 15 is 0 Å². The quantitative estimate of drug-likeness (QED) is 0.630. The summed E-state index contributed by atoms with van der Waals surface area (Å²) >= 11 is 6.30. The predicted octanol–water partition coefficient (Wildman–Crippen LogP) is 4.63. The Hall–Kier alpha value is -2.32. The second-order valence-electron chi connectivity index (χ2n) is 5.35. The summed E-state index contributed by atoms with van der Waals surface area (Å²) in [7, 11) is 5.93. The van der Waals surface area contributed by atoms with Crippen LogP contribution in [0.4, 0.5) is 5.69 Å². The maximum Gasteiger partial charge on any atom is 0.200 e. The lowest BCUT2D eigenvalue weighted by Gasteiger charge is -2.04. The summed E-state index contributed by atoms with van der Waals surface area (Å²) in [5.74, 6) is 0. The third-order valence-electron chi connectivity index (χ3n) is 3.50. The van der Waals surface area contributed by atoms with Crippen LogP contribution in [-0.4, -0.2) is 31.4 Å². The van der Waals surface area contributed by atoms with E-state index in [9.17, 15) is 0 Å². The van der Waals surface area contributed by atoms with Crippen molar-refractivity contribution >= 4 is 29.1 Å². The Morgan fingerprint density at radius 2 is 1.83 bits per heavy atom. The summed E-state index contributed by atoms with van der Waals surface area (Å²) in [5.41, 5.74) is 4.38. The summed E-state index contributed by atoms with van der Waals surface area (Å²) in [6, 6.07) is 8.19. The maximum absolute atomic E-state index is 6.30. The van der Waals surface area contributed by atoms with Gasteiger partial charge in [0, 0.05) is 24.9 Å². The Morgan fingerprint density at radius 1 is 1.04 bits per heavy atom. The topological polar surface area (TPSA) is 15.0 Å². The van der Waals surface area contributed by atoms with Crippen LogP contribution in [0.15, 0.2) is 77.4 Å². The Morgan fingerprint density at radius 3 is 2.52 bits per heavy atom. The van der Waals surface area contributed by atoms with Crippen LogP contribution in [0.5, 0.6) is 0 Å². The Labute approximate surface area is 143 Å². The molecule has 0 unspecified atom stereocenters. The van der Waals surface area contributed by atoms with Crippen molar-refractivity contribution in [3.8, 4) is 0 Å². The monoisotopic (exact) mass is 325 g/mol. The van der Waals surface area contributed by atoms with Gasteiger partial charge in [0.25, 0.3) is 0 Å². The van der Waals surface area contributed by atoms with E-state index < -0.39 is 0 Å². The number of nitrogens with one attached hydrogen (secondary N) is 1. The lowest BCUT2D eigenvalue weighted by molar-refractivity contribution is -0.462. The lowest BCUT2D eigenvalue weighted by atomic mass is 10.1. The van der Waals surface area contributed by atoms with Crippen molar-refractivity contribution in [1.82, 2.24) is 0 Å². The molecule has 0 spiro atoms. The number of hydrogen-bond donors (Lipinski definition) is 1. The van der Waals surface area contributed by atoms with Crippen LogP contribution in [0, 0.1) is 0 Å². The van der Waals surface area contributed by atoms with Crippen molar-refractivity contribution in [3.63, 3.8) is 0 Å². The fourth-order valence-electron chi connectivity index (χ4n) is 2.18. The highest BCUT2D eigenvalue weighted by Gasteiger charge is 2.10. The molecular weight excluding hydrogens is 304 g/mol. The summed E-state index contributed by atoms with van der Waals surface area (Å²) in [5, 5.41) is 3.93. The molecule has 118 valence electrons. The highest BCUT2D eigenvalue weighted by Crippen LogP contribution is 2.20. The first-order chi connectivity index (χ1) is 11.1. The average molecular weight is 326 g/mol. The SMILES string of the molecule is CNc1ccccc1\C=C/C=C/C=C1/C=CC(=[N+](C)C)C=C1Cl. The van der Waals surface area contributed by atoms with E-state index in [0.717, 1.165) is 27.6 Å². The van der Waals surface area contributed by atoms with Crippen LogP contribution in [-0.2, 0) is 0 Å². The lowest BCUT2D eigenvalue weighted by Crippen LogP contribution is -2.10. The van der Waals surface area contributed by atoms with Gasteiger partial charge in [-0.25, -0.2) is 4.58 Å². The van der Waals surface area contributed by atoms with Gasteiger partial charge in [-0.05, 0) is 23.3 Å². The second-order valence-corrected chi connectivity index (χ2v) is 5.76. The van der Waals surface area contributed by atoms with Crippen LogP contribution in [0.25, 0.3) is 6.08 Å². The molecular formula is C20H22ClN2+. The van der Waals surface area contributed by atoms with Gasteiger partial charge in [-0.3, -0.25) is 0 Å². The van der Waals surface area contributed by atoms with E-state index in [4.69, 9.17) is 11.6 Å². The molecule has 0 heterocycles. The molecule has 1 aromatic rings. The van der Waals surface area contributed by atoms with Gasteiger partial charge in [0.2, 0.25) is 5.71 Å². The average Bonchev–Trinajstić information content (AvgIpc) is 2.56. The first-order valence-electron chi connectivity index (χ1n) is 7.53. The Balaban J connectivity index is 2.05. The number of halogens is 1. The van der Waals surface area contributed by atoms with Gasteiger partial charge in [0.05, 0.1) is 5.03 Å². The Kier molecular flexibility index (Phi) is 6.19. The molecule has 23 heavy (non-hydrogen) atoms. The summed E-state index contributed by atoms with van der Waals surface area (Å²) in [6.45, 7) is 0. The molecule has 0 amide bonds. The van der Waals surface area contributed by atoms with Crippen molar-refractivity contribution in [2.45, 2.75) is 0 Å². The van der Waals surface area contributed by atoms with Gasteiger partial charge in [-0.1, -0.05) is 60.2 Å². The number of allylic oxidation sites excluding steroid dienone is 9.